The summed E-state index contributed by atoms with van der Waals surface area (Å²) in [5.74, 6) is 0.213. The Balaban J connectivity index is 0.000000144. The Bertz CT molecular complexity index is 1130. The molecule has 0 saturated heterocycles. The van der Waals surface area contributed by atoms with Gasteiger partial charge in [-0.15, -0.1) is 0 Å². The number of benzene rings is 2. The molecular formula is C25H35BN4O2. The second-order valence-electron chi connectivity index (χ2n) is 8.42. The number of rotatable bonds is 4. The Morgan fingerprint density at radius 3 is 2.16 bits per heavy atom. The number of hydrogen-bond donors (Lipinski definition) is 3. The van der Waals surface area contributed by atoms with Gasteiger partial charge in [0, 0.05) is 6.04 Å². The third-order valence-corrected chi connectivity index (χ3v) is 5.92. The number of hydrogen-bond acceptors (Lipinski definition) is 4. The molecule has 6 nitrogen and oxygen atoms in total. The van der Waals surface area contributed by atoms with Gasteiger partial charge in [-0.25, -0.2) is 9.97 Å². The summed E-state index contributed by atoms with van der Waals surface area (Å²) in [6.07, 6.45) is 10.5. The van der Waals surface area contributed by atoms with Gasteiger partial charge >= 0.3 is 7.12 Å². The number of nitrogens with one attached hydrogen (secondary N) is 1. The highest BCUT2D eigenvalue weighted by molar-refractivity contribution is 6.44. The molecular weight excluding hydrogens is 399 g/mol. The van der Waals surface area contributed by atoms with Crippen LogP contribution < -0.4 is 0 Å². The fourth-order valence-electron chi connectivity index (χ4n) is 3.53. The van der Waals surface area contributed by atoms with Crippen molar-refractivity contribution in [2.24, 2.45) is 0 Å². The van der Waals surface area contributed by atoms with E-state index in [1.165, 1.54) is 29.5 Å². The van der Waals surface area contributed by atoms with Crippen LogP contribution in [0.3, 0.4) is 0 Å². The molecule has 0 aliphatic heterocycles. The third-order valence-electron chi connectivity index (χ3n) is 5.92. The minimum atomic E-state index is -1.04. The van der Waals surface area contributed by atoms with Crippen molar-refractivity contribution >= 4 is 29.2 Å². The van der Waals surface area contributed by atoms with Crippen LogP contribution >= 0.6 is 0 Å². The molecule has 170 valence electrons. The van der Waals surface area contributed by atoms with Crippen LogP contribution in [-0.4, -0.2) is 36.7 Å². The van der Waals surface area contributed by atoms with Crippen molar-refractivity contribution in [3.05, 3.63) is 60.2 Å². The van der Waals surface area contributed by atoms with E-state index in [2.05, 4.69) is 63.7 Å². The second kappa shape index (κ2) is 10.8. The summed E-state index contributed by atoms with van der Waals surface area (Å²) in [7, 11) is -1.04. The first-order chi connectivity index (χ1) is 15.1. The maximum Gasteiger partial charge on any atom is 0.454 e. The van der Waals surface area contributed by atoms with Crippen LogP contribution in [-0.2, 0) is 12.8 Å². The van der Waals surface area contributed by atoms with E-state index in [9.17, 15) is 0 Å². The third kappa shape index (κ3) is 5.99. The van der Waals surface area contributed by atoms with Crippen molar-refractivity contribution in [3.8, 4) is 0 Å². The van der Waals surface area contributed by atoms with E-state index < -0.39 is 7.12 Å². The zero-order valence-corrected chi connectivity index (χ0v) is 18.3. The first-order valence-electron chi connectivity index (χ1n) is 11.3. The van der Waals surface area contributed by atoms with E-state index >= 15 is 0 Å². The highest BCUT2D eigenvalue weighted by Crippen LogP contribution is 2.37. The van der Waals surface area contributed by atoms with Crippen molar-refractivity contribution in [3.63, 3.8) is 0 Å². The van der Waals surface area contributed by atoms with Crippen LogP contribution in [0.4, 0.5) is 0 Å². The Morgan fingerprint density at radius 2 is 1.59 bits per heavy atom. The molecule has 0 spiro atoms. The first-order valence-corrected chi connectivity index (χ1v) is 11.3. The van der Waals surface area contributed by atoms with Gasteiger partial charge in [0.15, 0.2) is 0 Å². The average molecular weight is 434 g/mol. The number of nitrogens with zero attached hydrogens (tertiary/aromatic N) is 3. The predicted octanol–water partition coefficient (Wildman–Crippen LogP) is 5.32. The van der Waals surface area contributed by atoms with E-state index in [-0.39, 0.29) is 13.2 Å². The molecule has 4 aromatic rings. The summed E-state index contributed by atoms with van der Waals surface area (Å²) in [6, 6.07) is 13.6. The number of fused-ring (bicyclic) bond motifs is 2. The van der Waals surface area contributed by atoms with E-state index in [4.69, 9.17) is 10.0 Å². The van der Waals surface area contributed by atoms with E-state index in [1.807, 2.05) is 12.4 Å². The molecule has 2 aliphatic rings. The number of H-pyrrole nitrogens is 1. The predicted molar refractivity (Wildman–Crippen MR) is 133 cm³/mol. The molecule has 2 aliphatic carbocycles. The first kappa shape index (κ1) is 24.0. The van der Waals surface area contributed by atoms with Gasteiger partial charge in [0.1, 0.15) is 0 Å². The van der Waals surface area contributed by atoms with Crippen molar-refractivity contribution in [2.45, 2.75) is 71.7 Å². The van der Waals surface area contributed by atoms with Gasteiger partial charge in [-0.1, -0.05) is 46.2 Å². The van der Waals surface area contributed by atoms with Gasteiger partial charge < -0.3 is 19.6 Å². The Morgan fingerprint density at radius 1 is 0.938 bits per heavy atom. The lowest BCUT2D eigenvalue weighted by Gasteiger charge is -2.02. The molecule has 2 heterocycles. The van der Waals surface area contributed by atoms with E-state index in [0.29, 0.717) is 0 Å². The van der Waals surface area contributed by atoms with Crippen molar-refractivity contribution in [1.82, 2.24) is 19.5 Å². The SMILES string of the molecule is C.CCc1ccc2nc[nH]c2c1.CCc1ccc2ncn(C3CC3)c2c1.OB(O)C1CC1. The standard InChI is InChI=1S/C12H14N2.C9H10N2.C3H7BO2.CH4/c1-2-9-3-6-11-12(7-9)14(8-13-11)10-4-5-10;1-2-7-3-4-8-9(5-7)11-6-10-8;5-4(6)3-1-2-3;/h3,6-8,10H,2,4-5H2,1H3;3-6H,2H2,1H3,(H,10,11);3,5-6H,1-2H2;1H4. The Hall–Kier alpha value is -2.64. The van der Waals surface area contributed by atoms with Gasteiger partial charge in [0.25, 0.3) is 0 Å². The lowest BCUT2D eigenvalue weighted by Crippen LogP contribution is -2.09. The van der Waals surface area contributed by atoms with Crippen LogP contribution in [0.15, 0.2) is 49.1 Å². The van der Waals surface area contributed by atoms with Crippen molar-refractivity contribution < 1.29 is 10.0 Å². The molecule has 2 aromatic heterocycles. The lowest BCUT2D eigenvalue weighted by atomic mass is 9.84. The molecule has 32 heavy (non-hydrogen) atoms. The maximum atomic E-state index is 8.25. The smallest absolute Gasteiger partial charge is 0.427 e. The summed E-state index contributed by atoms with van der Waals surface area (Å²) in [5.41, 5.74) is 7.37. The quantitative estimate of drug-likeness (QED) is 0.380. The van der Waals surface area contributed by atoms with Crippen LogP contribution in [0, 0.1) is 0 Å². The van der Waals surface area contributed by atoms with E-state index in [1.54, 1.807) is 6.33 Å². The fraction of sp³-hybridized carbons (Fsp3) is 0.440. The summed E-state index contributed by atoms with van der Waals surface area (Å²) in [5, 5.41) is 16.5. The topological polar surface area (TPSA) is 87.0 Å². The lowest BCUT2D eigenvalue weighted by molar-refractivity contribution is 0.403. The highest BCUT2D eigenvalue weighted by atomic mass is 16.4. The molecule has 0 unspecified atom stereocenters. The summed E-state index contributed by atoms with van der Waals surface area (Å²) >= 11 is 0. The summed E-state index contributed by atoms with van der Waals surface area (Å²) < 4.78 is 2.33. The molecule has 7 heteroatoms. The van der Waals surface area contributed by atoms with Crippen LogP contribution in [0.2, 0.25) is 5.82 Å². The molecule has 0 bridgehead atoms. The second-order valence-corrected chi connectivity index (χ2v) is 8.42. The monoisotopic (exact) mass is 434 g/mol. The highest BCUT2D eigenvalue weighted by Gasteiger charge is 2.33. The van der Waals surface area contributed by atoms with Gasteiger partial charge in [0.05, 0.1) is 34.7 Å². The number of aryl methyl sites for hydroxylation is 2. The Kier molecular flexibility index (Phi) is 8.10. The summed E-state index contributed by atoms with van der Waals surface area (Å²) in [6.45, 7) is 4.34. The molecule has 0 amide bonds. The minimum absolute atomic E-state index is 0. The van der Waals surface area contributed by atoms with Crippen molar-refractivity contribution in [1.29, 1.82) is 0 Å². The zero-order chi connectivity index (χ0) is 21.8. The maximum absolute atomic E-state index is 8.25. The zero-order valence-electron chi connectivity index (χ0n) is 18.3. The van der Waals surface area contributed by atoms with Gasteiger partial charge in [-0.05, 0) is 66.9 Å². The minimum Gasteiger partial charge on any atom is -0.427 e. The fourth-order valence-corrected chi connectivity index (χ4v) is 3.53. The largest absolute Gasteiger partial charge is 0.454 e. The normalized spacial score (nSPS) is 14.8. The molecule has 6 rings (SSSR count). The Labute approximate surface area is 190 Å². The molecule has 2 fully saturated rings. The number of aromatic nitrogens is 4. The van der Waals surface area contributed by atoms with E-state index in [0.717, 1.165) is 48.3 Å². The number of aromatic amines is 1. The molecule has 3 N–H and O–H groups in total. The molecule has 2 aromatic carbocycles. The van der Waals surface area contributed by atoms with Crippen molar-refractivity contribution in [2.75, 3.05) is 0 Å². The van der Waals surface area contributed by atoms with Crippen LogP contribution in [0.1, 0.15) is 64.1 Å². The number of imidazole rings is 2. The van der Waals surface area contributed by atoms with Crippen LogP contribution in [0.25, 0.3) is 22.1 Å². The molecule has 0 radical (unpaired) electrons. The van der Waals surface area contributed by atoms with Crippen LogP contribution in [0.5, 0.6) is 0 Å². The summed E-state index contributed by atoms with van der Waals surface area (Å²) in [4.78, 5) is 11.6. The molecule has 0 atom stereocenters. The average Bonchev–Trinajstić information content (AvgIpc) is 3.73. The molecule has 2 saturated carbocycles. The van der Waals surface area contributed by atoms with Gasteiger partial charge in [0.2, 0.25) is 0 Å². The van der Waals surface area contributed by atoms with Gasteiger partial charge in [-0.3, -0.25) is 0 Å². The van der Waals surface area contributed by atoms with Gasteiger partial charge in [-0.2, -0.15) is 0 Å².